The minimum atomic E-state index is -0.622. The summed E-state index contributed by atoms with van der Waals surface area (Å²) in [6, 6.07) is 1.15. The van der Waals surface area contributed by atoms with E-state index in [1.807, 2.05) is 6.92 Å². The molecule has 0 unspecified atom stereocenters. The second-order valence-electron chi connectivity index (χ2n) is 5.55. The van der Waals surface area contributed by atoms with Crippen LogP contribution in [0.3, 0.4) is 0 Å². The van der Waals surface area contributed by atoms with Crippen molar-refractivity contribution in [2.24, 2.45) is 0 Å². The number of amides is 1. The molecular weight excluding hydrogens is 350 g/mol. The van der Waals surface area contributed by atoms with E-state index in [4.69, 9.17) is 11.6 Å². The van der Waals surface area contributed by atoms with Crippen molar-refractivity contribution >= 4 is 39.1 Å². The van der Waals surface area contributed by atoms with Gasteiger partial charge in [0.05, 0.1) is 22.3 Å². The van der Waals surface area contributed by atoms with Gasteiger partial charge in [-0.3, -0.25) is 19.7 Å². The molecule has 9 heteroatoms. The first-order valence-corrected chi connectivity index (χ1v) is 8.49. The smallest absolute Gasteiger partial charge is 0.271 e. The molecule has 0 saturated heterocycles. The molecule has 3 heterocycles. The van der Waals surface area contributed by atoms with Crippen LogP contribution in [0, 0.1) is 20.8 Å². The van der Waals surface area contributed by atoms with Crippen molar-refractivity contribution < 1.29 is 4.79 Å². The van der Waals surface area contributed by atoms with Crippen LogP contribution < -0.4 is 11.0 Å². The maximum Gasteiger partial charge on any atom is 0.281 e. The number of aryl methyl sites for hydroxylation is 2. The minimum Gasteiger partial charge on any atom is -0.271 e. The predicted molar refractivity (Wildman–Crippen MR) is 94.4 cm³/mol. The van der Waals surface area contributed by atoms with E-state index in [1.54, 1.807) is 26.8 Å². The van der Waals surface area contributed by atoms with Crippen molar-refractivity contribution in [2.75, 3.05) is 5.43 Å². The molecule has 3 aromatic rings. The van der Waals surface area contributed by atoms with E-state index >= 15 is 0 Å². The van der Waals surface area contributed by atoms with Gasteiger partial charge in [0.1, 0.15) is 16.7 Å². The van der Waals surface area contributed by atoms with Crippen molar-refractivity contribution in [3.05, 3.63) is 44.0 Å². The summed E-state index contributed by atoms with van der Waals surface area (Å²) in [5.74, 6) is 0.0429. The zero-order valence-corrected chi connectivity index (χ0v) is 15.2. The lowest BCUT2D eigenvalue weighted by Crippen LogP contribution is -2.38. The SMILES string of the molecule is Cc1cc2c(=O)n(NC(=O)[C@@H](C)n3ncc(Cl)c3C)c(C)nc2s1. The van der Waals surface area contributed by atoms with Crippen LogP contribution in [0.4, 0.5) is 0 Å². The first kappa shape index (κ1) is 16.7. The van der Waals surface area contributed by atoms with Gasteiger partial charge >= 0.3 is 0 Å². The van der Waals surface area contributed by atoms with Gasteiger partial charge in [-0.15, -0.1) is 11.3 Å². The van der Waals surface area contributed by atoms with E-state index in [-0.39, 0.29) is 11.5 Å². The van der Waals surface area contributed by atoms with Crippen LogP contribution in [0.5, 0.6) is 0 Å². The highest BCUT2D eigenvalue weighted by Crippen LogP contribution is 2.21. The number of aromatic nitrogens is 4. The van der Waals surface area contributed by atoms with Gasteiger partial charge in [-0.2, -0.15) is 5.10 Å². The molecule has 0 aliphatic carbocycles. The van der Waals surface area contributed by atoms with E-state index in [0.717, 1.165) is 4.88 Å². The molecular formula is C15H16ClN5O2S. The van der Waals surface area contributed by atoms with Gasteiger partial charge in [-0.1, -0.05) is 11.6 Å². The molecule has 0 saturated carbocycles. The van der Waals surface area contributed by atoms with Gasteiger partial charge in [-0.05, 0) is 33.8 Å². The van der Waals surface area contributed by atoms with Crippen LogP contribution in [-0.4, -0.2) is 25.3 Å². The highest BCUT2D eigenvalue weighted by atomic mass is 35.5. The average Bonchev–Trinajstić information content (AvgIpc) is 3.06. The molecule has 0 spiro atoms. The average molecular weight is 366 g/mol. The van der Waals surface area contributed by atoms with Gasteiger partial charge < -0.3 is 0 Å². The predicted octanol–water partition coefficient (Wildman–Crippen LogP) is 2.56. The number of thiophene rings is 1. The number of rotatable bonds is 3. The fraction of sp³-hybridized carbons (Fsp3) is 0.333. The Hall–Kier alpha value is -2.19. The monoisotopic (exact) mass is 365 g/mol. The van der Waals surface area contributed by atoms with Crippen LogP contribution in [0.1, 0.15) is 29.4 Å². The zero-order chi connectivity index (χ0) is 17.6. The Morgan fingerprint density at radius 1 is 1.38 bits per heavy atom. The van der Waals surface area contributed by atoms with E-state index in [0.29, 0.717) is 26.8 Å². The van der Waals surface area contributed by atoms with Gasteiger partial charge in [0.2, 0.25) is 0 Å². The third-order valence-electron chi connectivity index (χ3n) is 3.81. The van der Waals surface area contributed by atoms with Crippen LogP contribution in [-0.2, 0) is 4.79 Å². The molecule has 0 aliphatic rings. The molecule has 0 aromatic carbocycles. The molecule has 24 heavy (non-hydrogen) atoms. The number of fused-ring (bicyclic) bond motifs is 1. The molecule has 0 radical (unpaired) electrons. The highest BCUT2D eigenvalue weighted by molar-refractivity contribution is 7.18. The van der Waals surface area contributed by atoms with E-state index in [2.05, 4.69) is 15.5 Å². The third kappa shape index (κ3) is 2.71. The Labute approximate surface area is 146 Å². The second-order valence-corrected chi connectivity index (χ2v) is 7.19. The Morgan fingerprint density at radius 2 is 2.08 bits per heavy atom. The van der Waals surface area contributed by atoms with Gasteiger partial charge in [0, 0.05) is 4.88 Å². The third-order valence-corrected chi connectivity index (χ3v) is 5.12. The Kier molecular flexibility index (Phi) is 4.18. The normalized spacial score (nSPS) is 12.5. The lowest BCUT2D eigenvalue weighted by atomic mass is 10.3. The van der Waals surface area contributed by atoms with Crippen molar-refractivity contribution in [1.82, 2.24) is 19.4 Å². The van der Waals surface area contributed by atoms with E-state index < -0.39 is 6.04 Å². The summed E-state index contributed by atoms with van der Waals surface area (Å²) in [5, 5.41) is 5.08. The summed E-state index contributed by atoms with van der Waals surface area (Å²) in [4.78, 5) is 31.2. The summed E-state index contributed by atoms with van der Waals surface area (Å²) in [5.41, 5.74) is 3.01. The molecule has 1 amide bonds. The van der Waals surface area contributed by atoms with Gasteiger partial charge in [-0.25, -0.2) is 9.66 Å². The maximum atomic E-state index is 12.6. The van der Waals surface area contributed by atoms with Crippen molar-refractivity contribution in [3.63, 3.8) is 0 Å². The number of carbonyl (C=O) groups excluding carboxylic acids is 1. The summed E-state index contributed by atoms with van der Waals surface area (Å²) >= 11 is 7.43. The lowest BCUT2D eigenvalue weighted by molar-refractivity contribution is -0.120. The van der Waals surface area contributed by atoms with Crippen LogP contribution in [0.2, 0.25) is 5.02 Å². The topological polar surface area (TPSA) is 81.8 Å². The molecule has 0 bridgehead atoms. The first-order valence-electron chi connectivity index (χ1n) is 7.30. The summed E-state index contributed by atoms with van der Waals surface area (Å²) < 4.78 is 2.69. The highest BCUT2D eigenvalue weighted by Gasteiger charge is 2.21. The number of nitrogens with one attached hydrogen (secondary N) is 1. The van der Waals surface area contributed by atoms with Crippen LogP contribution in [0.15, 0.2) is 17.1 Å². The summed E-state index contributed by atoms with van der Waals surface area (Å²) in [6.07, 6.45) is 1.49. The summed E-state index contributed by atoms with van der Waals surface area (Å²) in [6.45, 7) is 7.05. The number of nitrogens with zero attached hydrogens (tertiary/aromatic N) is 4. The zero-order valence-electron chi connectivity index (χ0n) is 13.6. The second kappa shape index (κ2) is 6.03. The molecule has 1 atom stereocenters. The number of halogens is 1. The Balaban J connectivity index is 1.96. The minimum absolute atomic E-state index is 0.294. The molecule has 1 N–H and O–H groups in total. The quantitative estimate of drug-likeness (QED) is 0.773. The van der Waals surface area contributed by atoms with E-state index in [1.165, 1.54) is 26.9 Å². The van der Waals surface area contributed by atoms with Gasteiger partial charge in [0.25, 0.3) is 11.5 Å². The molecule has 3 rings (SSSR count). The standard InChI is InChI=1S/C15H16ClN5O2S/c1-7-5-11-14(24-7)18-10(4)21(15(11)23)19-13(22)9(3)20-8(2)12(16)6-17-20/h5-6,9H,1-4H3,(H,19,22)/t9-/m1/s1. The van der Waals surface area contributed by atoms with Gasteiger partial charge in [0.15, 0.2) is 0 Å². The largest absolute Gasteiger partial charge is 0.281 e. The number of hydrogen-bond donors (Lipinski definition) is 1. The van der Waals surface area contributed by atoms with Crippen LogP contribution >= 0.6 is 22.9 Å². The molecule has 0 aliphatic heterocycles. The summed E-state index contributed by atoms with van der Waals surface area (Å²) in [7, 11) is 0. The lowest BCUT2D eigenvalue weighted by Gasteiger charge is -2.16. The molecule has 126 valence electrons. The van der Waals surface area contributed by atoms with Crippen LogP contribution in [0.25, 0.3) is 10.2 Å². The molecule has 7 nitrogen and oxygen atoms in total. The van der Waals surface area contributed by atoms with E-state index in [9.17, 15) is 9.59 Å². The number of hydrogen-bond acceptors (Lipinski definition) is 5. The van der Waals surface area contributed by atoms with Crippen molar-refractivity contribution in [2.45, 2.75) is 33.7 Å². The first-order chi connectivity index (χ1) is 11.3. The number of carbonyl (C=O) groups is 1. The Bertz CT molecular complexity index is 1000. The van der Waals surface area contributed by atoms with Crippen molar-refractivity contribution in [3.8, 4) is 0 Å². The van der Waals surface area contributed by atoms with Crippen molar-refractivity contribution in [1.29, 1.82) is 0 Å². The fourth-order valence-corrected chi connectivity index (χ4v) is 3.49. The molecule has 0 fully saturated rings. The molecule has 3 aromatic heterocycles. The fourth-order valence-electron chi connectivity index (χ4n) is 2.44. The Morgan fingerprint density at radius 3 is 2.71 bits per heavy atom. The maximum absolute atomic E-state index is 12.6.